The molecular weight excluding hydrogens is 523 g/mol. The first-order chi connectivity index (χ1) is 18.8. The SMILES string of the molecule is CCOC=C(C(=O)NC1=C(C(=O)O)CC(c2ccc(-c3cc4ncccc4o3)cc2)=C1)c1ccc(Cl)cc1F. The maximum Gasteiger partial charge on any atom is 0.334 e. The van der Waals surface area contributed by atoms with Crippen LogP contribution in [0.3, 0.4) is 0 Å². The zero-order valence-electron chi connectivity index (χ0n) is 20.7. The van der Waals surface area contributed by atoms with Gasteiger partial charge in [-0.25, -0.2) is 9.18 Å². The molecule has 0 unspecified atom stereocenters. The first-order valence-corrected chi connectivity index (χ1v) is 12.4. The van der Waals surface area contributed by atoms with Crippen LogP contribution < -0.4 is 5.32 Å². The topological polar surface area (TPSA) is 102 Å². The van der Waals surface area contributed by atoms with Gasteiger partial charge in [-0.05, 0) is 54.5 Å². The van der Waals surface area contributed by atoms with Crippen LogP contribution in [-0.4, -0.2) is 28.6 Å². The molecule has 1 amide bonds. The fraction of sp³-hybridized carbons (Fsp3) is 0.100. The number of carbonyl (C=O) groups is 2. The van der Waals surface area contributed by atoms with E-state index in [0.717, 1.165) is 29.0 Å². The van der Waals surface area contributed by atoms with Gasteiger partial charge in [0, 0.05) is 34.8 Å². The Morgan fingerprint density at radius 2 is 1.92 bits per heavy atom. The summed E-state index contributed by atoms with van der Waals surface area (Å²) >= 11 is 5.85. The fourth-order valence-corrected chi connectivity index (χ4v) is 4.41. The van der Waals surface area contributed by atoms with Crippen LogP contribution >= 0.6 is 11.6 Å². The van der Waals surface area contributed by atoms with Crippen molar-refractivity contribution in [2.45, 2.75) is 13.3 Å². The number of rotatable bonds is 8. The van der Waals surface area contributed by atoms with Crippen LogP contribution in [0.4, 0.5) is 4.39 Å². The van der Waals surface area contributed by atoms with Crippen molar-refractivity contribution in [3.05, 3.63) is 112 Å². The third-order valence-corrected chi connectivity index (χ3v) is 6.41. The Morgan fingerprint density at radius 3 is 2.62 bits per heavy atom. The summed E-state index contributed by atoms with van der Waals surface area (Å²) in [4.78, 5) is 29.5. The number of hydrogen-bond donors (Lipinski definition) is 2. The normalized spacial score (nSPS) is 13.5. The van der Waals surface area contributed by atoms with Gasteiger partial charge in [0.25, 0.3) is 5.91 Å². The summed E-state index contributed by atoms with van der Waals surface area (Å²) in [6, 6.07) is 16.9. The number of fused-ring (bicyclic) bond motifs is 1. The molecule has 0 radical (unpaired) electrons. The van der Waals surface area contributed by atoms with Crippen LogP contribution in [0, 0.1) is 5.82 Å². The number of nitrogens with one attached hydrogen (secondary N) is 1. The Labute approximate surface area is 227 Å². The highest BCUT2D eigenvalue weighted by atomic mass is 35.5. The molecule has 1 aliphatic carbocycles. The van der Waals surface area contributed by atoms with Gasteiger partial charge in [-0.15, -0.1) is 0 Å². The summed E-state index contributed by atoms with van der Waals surface area (Å²) in [5, 5.41) is 12.6. The van der Waals surface area contributed by atoms with E-state index in [-0.39, 0.29) is 40.5 Å². The molecular formula is C30H22ClFN2O5. The molecule has 0 saturated heterocycles. The van der Waals surface area contributed by atoms with Gasteiger partial charge in [-0.1, -0.05) is 35.9 Å². The van der Waals surface area contributed by atoms with E-state index in [9.17, 15) is 19.1 Å². The van der Waals surface area contributed by atoms with E-state index in [0.29, 0.717) is 16.9 Å². The molecule has 39 heavy (non-hydrogen) atoms. The third kappa shape index (κ3) is 5.46. The maximum atomic E-state index is 14.6. The number of amides is 1. The minimum absolute atomic E-state index is 0.0122. The summed E-state index contributed by atoms with van der Waals surface area (Å²) in [6.45, 7) is 1.97. The molecule has 7 nitrogen and oxygen atoms in total. The van der Waals surface area contributed by atoms with Crippen molar-refractivity contribution in [2.24, 2.45) is 0 Å². The fourth-order valence-electron chi connectivity index (χ4n) is 4.25. The van der Waals surface area contributed by atoms with E-state index < -0.39 is 17.7 Å². The third-order valence-electron chi connectivity index (χ3n) is 6.18. The van der Waals surface area contributed by atoms with Gasteiger partial charge >= 0.3 is 5.97 Å². The number of carboxylic acid groups (broad SMARTS) is 1. The predicted molar refractivity (Wildman–Crippen MR) is 146 cm³/mol. The van der Waals surface area contributed by atoms with Crippen molar-refractivity contribution in [1.82, 2.24) is 10.3 Å². The highest BCUT2D eigenvalue weighted by Gasteiger charge is 2.26. The monoisotopic (exact) mass is 544 g/mol. The number of hydrogen-bond acceptors (Lipinski definition) is 5. The van der Waals surface area contributed by atoms with Crippen LogP contribution in [0.5, 0.6) is 0 Å². The summed E-state index contributed by atoms with van der Waals surface area (Å²) in [7, 11) is 0. The van der Waals surface area contributed by atoms with Crippen molar-refractivity contribution < 1.29 is 28.2 Å². The van der Waals surface area contributed by atoms with Crippen molar-refractivity contribution in [3.63, 3.8) is 0 Å². The average Bonchev–Trinajstić information content (AvgIpc) is 3.55. The van der Waals surface area contributed by atoms with Gasteiger partial charge in [0.15, 0.2) is 5.58 Å². The Morgan fingerprint density at radius 1 is 1.15 bits per heavy atom. The summed E-state index contributed by atoms with van der Waals surface area (Å²) in [6.07, 6.45) is 4.55. The number of aromatic nitrogens is 1. The van der Waals surface area contributed by atoms with Gasteiger partial charge in [-0.3, -0.25) is 9.78 Å². The van der Waals surface area contributed by atoms with Gasteiger partial charge in [0.1, 0.15) is 17.1 Å². The smallest absolute Gasteiger partial charge is 0.334 e. The summed E-state index contributed by atoms with van der Waals surface area (Å²) < 4.78 is 25.8. The van der Waals surface area contributed by atoms with E-state index in [1.54, 1.807) is 25.3 Å². The quantitative estimate of drug-likeness (QED) is 0.191. The number of ether oxygens (including phenoxy) is 1. The van der Waals surface area contributed by atoms with Crippen LogP contribution in [0.1, 0.15) is 24.5 Å². The molecule has 196 valence electrons. The molecule has 4 aromatic rings. The van der Waals surface area contributed by atoms with Crippen LogP contribution in [0.25, 0.3) is 33.6 Å². The predicted octanol–water partition coefficient (Wildman–Crippen LogP) is 6.61. The number of aliphatic carboxylic acids is 1. The van der Waals surface area contributed by atoms with Crippen molar-refractivity contribution in [2.75, 3.05) is 6.61 Å². The summed E-state index contributed by atoms with van der Waals surface area (Å²) in [5.74, 6) is -1.93. The standard InChI is InChI=1S/C30H22ClFN2O5/c1-2-38-16-23(21-10-9-20(31)14-24(21)32)29(35)34-25-13-19(12-22(25)30(36)37)17-5-7-18(8-6-17)28-15-26-27(39-28)4-3-11-33-26/h3-11,13-16H,2,12H2,1H3,(H,34,35)(H,36,37). The Bertz CT molecular complexity index is 1650. The number of carboxylic acids is 1. The molecule has 0 spiro atoms. The maximum absolute atomic E-state index is 14.6. The minimum Gasteiger partial charge on any atom is -0.501 e. The Kier molecular flexibility index (Phi) is 7.29. The van der Waals surface area contributed by atoms with Gasteiger partial charge in [-0.2, -0.15) is 0 Å². The number of carbonyl (C=O) groups excluding carboxylic acids is 1. The molecule has 5 rings (SSSR count). The number of allylic oxidation sites excluding steroid dienone is 2. The lowest BCUT2D eigenvalue weighted by Crippen LogP contribution is -2.25. The van der Waals surface area contributed by atoms with E-state index in [2.05, 4.69) is 10.3 Å². The average molecular weight is 545 g/mol. The van der Waals surface area contributed by atoms with Gasteiger partial charge < -0.3 is 19.6 Å². The van der Waals surface area contributed by atoms with Crippen LogP contribution in [-0.2, 0) is 14.3 Å². The highest BCUT2D eigenvalue weighted by molar-refractivity contribution is 6.30. The van der Waals surface area contributed by atoms with Crippen molar-refractivity contribution in [3.8, 4) is 11.3 Å². The number of benzene rings is 2. The highest BCUT2D eigenvalue weighted by Crippen LogP contribution is 2.34. The molecule has 0 aliphatic heterocycles. The van der Waals surface area contributed by atoms with Gasteiger partial charge in [0.2, 0.25) is 0 Å². The number of pyridine rings is 1. The lowest BCUT2D eigenvalue weighted by atomic mass is 10.0. The molecule has 0 bridgehead atoms. The van der Waals surface area contributed by atoms with Gasteiger partial charge in [0.05, 0.1) is 29.7 Å². The lowest BCUT2D eigenvalue weighted by Gasteiger charge is -2.11. The molecule has 2 aromatic heterocycles. The van der Waals surface area contributed by atoms with Crippen molar-refractivity contribution in [1.29, 1.82) is 0 Å². The minimum atomic E-state index is -1.17. The van der Waals surface area contributed by atoms with E-state index >= 15 is 0 Å². The largest absolute Gasteiger partial charge is 0.501 e. The molecule has 1 aliphatic rings. The van der Waals surface area contributed by atoms with E-state index in [1.165, 1.54) is 12.1 Å². The van der Waals surface area contributed by atoms with Crippen LogP contribution in [0.2, 0.25) is 5.02 Å². The number of halogens is 2. The number of nitrogens with zero attached hydrogens (tertiary/aromatic N) is 1. The summed E-state index contributed by atoms with van der Waals surface area (Å²) in [5.41, 5.74) is 3.76. The molecule has 9 heteroatoms. The zero-order valence-corrected chi connectivity index (χ0v) is 21.5. The Balaban J connectivity index is 1.40. The molecule has 0 atom stereocenters. The van der Waals surface area contributed by atoms with E-state index in [4.69, 9.17) is 20.8 Å². The molecule has 2 aromatic carbocycles. The molecule has 0 fully saturated rings. The first-order valence-electron chi connectivity index (χ1n) is 12.0. The molecule has 2 N–H and O–H groups in total. The van der Waals surface area contributed by atoms with Crippen molar-refractivity contribution >= 4 is 45.7 Å². The second-order valence-corrected chi connectivity index (χ2v) is 9.12. The number of furan rings is 1. The zero-order chi connectivity index (χ0) is 27.5. The Hall–Kier alpha value is -4.69. The molecule has 2 heterocycles. The molecule has 0 saturated carbocycles. The lowest BCUT2D eigenvalue weighted by molar-refractivity contribution is -0.132. The second-order valence-electron chi connectivity index (χ2n) is 8.68. The van der Waals surface area contributed by atoms with E-state index in [1.807, 2.05) is 36.4 Å². The van der Waals surface area contributed by atoms with Crippen LogP contribution in [0.15, 0.2) is 94.9 Å². The second kappa shape index (κ2) is 11.0. The first kappa shape index (κ1) is 25.9.